The van der Waals surface area contributed by atoms with Crippen LogP contribution in [-0.4, -0.2) is 6.61 Å². The maximum atomic E-state index is 6.16. The fourth-order valence-corrected chi connectivity index (χ4v) is 2.50. The standard InChI is InChI=1S/C20H20O2/c1-4-21-19-12-16-9-5-6-10-17(16)13-20(19)22-18-11-7-8-14(2)15(18)3/h5-13H,4H2,1-3H3. The van der Waals surface area contributed by atoms with Gasteiger partial charge in [0.25, 0.3) is 0 Å². The van der Waals surface area contributed by atoms with Crippen molar-refractivity contribution in [2.45, 2.75) is 20.8 Å². The van der Waals surface area contributed by atoms with Gasteiger partial charge >= 0.3 is 0 Å². The van der Waals surface area contributed by atoms with Gasteiger partial charge in [-0.25, -0.2) is 0 Å². The molecule has 0 aliphatic rings. The average Bonchev–Trinajstić information content (AvgIpc) is 2.52. The summed E-state index contributed by atoms with van der Waals surface area (Å²) in [5, 5.41) is 2.30. The maximum Gasteiger partial charge on any atom is 0.169 e. The molecule has 0 radical (unpaired) electrons. The van der Waals surface area contributed by atoms with Crippen LogP contribution in [0.1, 0.15) is 18.1 Å². The van der Waals surface area contributed by atoms with E-state index in [1.165, 1.54) is 5.56 Å². The van der Waals surface area contributed by atoms with Crippen molar-refractivity contribution in [1.29, 1.82) is 0 Å². The van der Waals surface area contributed by atoms with Gasteiger partial charge in [-0.15, -0.1) is 0 Å². The van der Waals surface area contributed by atoms with Crippen LogP contribution < -0.4 is 9.47 Å². The molecule has 0 unspecified atom stereocenters. The molecule has 0 saturated heterocycles. The Balaban J connectivity index is 2.08. The molecule has 0 heterocycles. The first-order chi connectivity index (χ1) is 10.7. The Kier molecular flexibility index (Phi) is 4.01. The third-order valence-corrected chi connectivity index (χ3v) is 3.89. The Hall–Kier alpha value is -2.48. The topological polar surface area (TPSA) is 18.5 Å². The number of hydrogen-bond acceptors (Lipinski definition) is 2. The second kappa shape index (κ2) is 6.10. The van der Waals surface area contributed by atoms with Gasteiger partial charge < -0.3 is 9.47 Å². The van der Waals surface area contributed by atoms with Crippen molar-refractivity contribution in [3.63, 3.8) is 0 Å². The molecule has 0 bridgehead atoms. The fourth-order valence-electron chi connectivity index (χ4n) is 2.50. The molecule has 3 aromatic carbocycles. The predicted octanol–water partition coefficient (Wildman–Crippen LogP) is 5.65. The minimum atomic E-state index is 0.613. The number of benzene rings is 3. The quantitative estimate of drug-likeness (QED) is 0.619. The van der Waals surface area contributed by atoms with E-state index in [-0.39, 0.29) is 0 Å². The Morgan fingerprint density at radius 2 is 1.45 bits per heavy atom. The van der Waals surface area contributed by atoms with Gasteiger partial charge in [-0.2, -0.15) is 0 Å². The van der Waals surface area contributed by atoms with Crippen molar-refractivity contribution in [3.8, 4) is 17.2 Å². The third-order valence-electron chi connectivity index (χ3n) is 3.89. The number of rotatable bonds is 4. The fraction of sp³-hybridized carbons (Fsp3) is 0.200. The molecule has 0 spiro atoms. The lowest BCUT2D eigenvalue weighted by Gasteiger charge is -2.15. The van der Waals surface area contributed by atoms with E-state index >= 15 is 0 Å². The van der Waals surface area contributed by atoms with Gasteiger partial charge in [-0.1, -0.05) is 36.4 Å². The number of hydrogen-bond donors (Lipinski definition) is 0. The van der Waals surface area contributed by atoms with E-state index in [9.17, 15) is 0 Å². The van der Waals surface area contributed by atoms with Crippen molar-refractivity contribution in [3.05, 3.63) is 65.7 Å². The molecule has 2 nitrogen and oxygen atoms in total. The first-order valence-corrected chi connectivity index (χ1v) is 7.58. The maximum absolute atomic E-state index is 6.16. The molecular weight excluding hydrogens is 272 g/mol. The molecule has 0 N–H and O–H groups in total. The monoisotopic (exact) mass is 292 g/mol. The van der Waals surface area contributed by atoms with Crippen LogP contribution in [0.25, 0.3) is 10.8 Å². The van der Waals surface area contributed by atoms with Crippen molar-refractivity contribution in [2.75, 3.05) is 6.61 Å². The molecule has 3 rings (SSSR count). The van der Waals surface area contributed by atoms with Gasteiger partial charge in [0.2, 0.25) is 0 Å². The van der Waals surface area contributed by atoms with E-state index in [1.807, 2.05) is 43.3 Å². The molecule has 3 aromatic rings. The van der Waals surface area contributed by atoms with Crippen LogP contribution in [0.15, 0.2) is 54.6 Å². The normalized spacial score (nSPS) is 10.7. The van der Waals surface area contributed by atoms with Gasteiger partial charge in [0.1, 0.15) is 5.75 Å². The predicted molar refractivity (Wildman–Crippen MR) is 91.1 cm³/mol. The van der Waals surface area contributed by atoms with Gasteiger partial charge in [0.15, 0.2) is 11.5 Å². The molecular formula is C20H20O2. The Morgan fingerprint density at radius 3 is 2.14 bits per heavy atom. The first kappa shape index (κ1) is 14.5. The molecule has 0 aliphatic heterocycles. The van der Waals surface area contributed by atoms with Crippen molar-refractivity contribution in [1.82, 2.24) is 0 Å². The van der Waals surface area contributed by atoms with Crippen LogP contribution >= 0.6 is 0 Å². The van der Waals surface area contributed by atoms with Crippen molar-refractivity contribution in [2.24, 2.45) is 0 Å². The van der Waals surface area contributed by atoms with Gasteiger partial charge in [-0.05, 0) is 60.9 Å². The van der Waals surface area contributed by atoms with Gasteiger partial charge in [0.05, 0.1) is 6.61 Å². The van der Waals surface area contributed by atoms with E-state index in [4.69, 9.17) is 9.47 Å². The molecule has 0 saturated carbocycles. The van der Waals surface area contributed by atoms with Crippen LogP contribution in [0.3, 0.4) is 0 Å². The second-order valence-electron chi connectivity index (χ2n) is 5.38. The number of ether oxygens (including phenoxy) is 2. The van der Waals surface area contributed by atoms with E-state index in [2.05, 4.69) is 32.0 Å². The minimum absolute atomic E-state index is 0.613. The summed E-state index contributed by atoms with van der Waals surface area (Å²) < 4.78 is 11.9. The van der Waals surface area contributed by atoms with E-state index in [1.54, 1.807) is 0 Å². The molecule has 112 valence electrons. The molecule has 0 aromatic heterocycles. The lowest BCUT2D eigenvalue weighted by molar-refractivity contribution is 0.321. The van der Waals surface area contributed by atoms with Gasteiger partial charge in [-0.3, -0.25) is 0 Å². The zero-order valence-corrected chi connectivity index (χ0v) is 13.2. The summed E-state index contributed by atoms with van der Waals surface area (Å²) in [7, 11) is 0. The zero-order chi connectivity index (χ0) is 15.5. The molecule has 0 fully saturated rings. The summed E-state index contributed by atoms with van der Waals surface area (Å²) in [6, 6.07) is 18.4. The zero-order valence-electron chi connectivity index (χ0n) is 13.2. The average molecular weight is 292 g/mol. The summed E-state index contributed by atoms with van der Waals surface area (Å²) >= 11 is 0. The molecule has 0 aliphatic carbocycles. The first-order valence-electron chi connectivity index (χ1n) is 7.58. The summed E-state index contributed by atoms with van der Waals surface area (Å²) in [6.45, 7) is 6.76. The van der Waals surface area contributed by atoms with Crippen molar-refractivity contribution < 1.29 is 9.47 Å². The van der Waals surface area contributed by atoms with Crippen LogP contribution in [0.5, 0.6) is 17.2 Å². The summed E-state index contributed by atoms with van der Waals surface area (Å²) in [5.74, 6) is 2.41. The lowest BCUT2D eigenvalue weighted by atomic mass is 10.1. The molecule has 22 heavy (non-hydrogen) atoms. The van der Waals surface area contributed by atoms with Crippen LogP contribution in [-0.2, 0) is 0 Å². The second-order valence-corrected chi connectivity index (χ2v) is 5.38. The van der Waals surface area contributed by atoms with E-state index in [0.29, 0.717) is 6.61 Å². The number of aryl methyl sites for hydroxylation is 1. The van der Waals surface area contributed by atoms with Crippen LogP contribution in [0.4, 0.5) is 0 Å². The molecule has 2 heteroatoms. The van der Waals surface area contributed by atoms with Crippen molar-refractivity contribution >= 4 is 10.8 Å². The highest BCUT2D eigenvalue weighted by Crippen LogP contribution is 2.37. The lowest BCUT2D eigenvalue weighted by Crippen LogP contribution is -1.96. The summed E-state index contributed by atoms with van der Waals surface area (Å²) in [6.07, 6.45) is 0. The molecule has 0 atom stereocenters. The summed E-state index contributed by atoms with van der Waals surface area (Å²) in [4.78, 5) is 0. The SMILES string of the molecule is CCOc1cc2ccccc2cc1Oc1cccc(C)c1C. The third kappa shape index (κ3) is 2.77. The highest BCUT2D eigenvalue weighted by atomic mass is 16.5. The van der Waals surface area contributed by atoms with Crippen LogP contribution in [0, 0.1) is 13.8 Å². The largest absolute Gasteiger partial charge is 0.490 e. The van der Waals surface area contributed by atoms with Gasteiger partial charge in [0, 0.05) is 0 Å². The Labute approximate surface area is 131 Å². The Morgan fingerprint density at radius 1 is 0.773 bits per heavy atom. The summed E-state index contributed by atoms with van der Waals surface area (Å²) in [5.41, 5.74) is 2.37. The molecule has 0 amide bonds. The van der Waals surface area contributed by atoms with Crippen LogP contribution in [0.2, 0.25) is 0 Å². The minimum Gasteiger partial charge on any atom is -0.490 e. The highest BCUT2D eigenvalue weighted by Gasteiger charge is 2.10. The number of fused-ring (bicyclic) bond motifs is 1. The smallest absolute Gasteiger partial charge is 0.169 e. The highest BCUT2D eigenvalue weighted by molar-refractivity contribution is 5.86. The Bertz CT molecular complexity index is 806. The van der Waals surface area contributed by atoms with E-state index < -0.39 is 0 Å². The van der Waals surface area contributed by atoms with E-state index in [0.717, 1.165) is 33.6 Å².